The van der Waals surface area contributed by atoms with Crippen LogP contribution in [0.1, 0.15) is 17.7 Å². The molecule has 0 amide bonds. The summed E-state index contributed by atoms with van der Waals surface area (Å²) in [6, 6.07) is 5.72. The Kier molecular flexibility index (Phi) is 5.36. The maximum absolute atomic E-state index is 13.0. The Balaban J connectivity index is 1.70. The van der Waals surface area contributed by atoms with Crippen LogP contribution in [0.15, 0.2) is 53.6 Å². The highest BCUT2D eigenvalue weighted by Crippen LogP contribution is 2.34. The summed E-state index contributed by atoms with van der Waals surface area (Å²) in [4.78, 5) is 2.24. The van der Waals surface area contributed by atoms with E-state index in [9.17, 15) is 18.3 Å². The maximum atomic E-state index is 13.0. The normalized spacial score (nSPS) is 19.0. The predicted molar refractivity (Wildman–Crippen MR) is 109 cm³/mol. The van der Waals surface area contributed by atoms with Gasteiger partial charge in [0.25, 0.3) is 0 Å². The van der Waals surface area contributed by atoms with Gasteiger partial charge in [-0.1, -0.05) is 35.9 Å². The van der Waals surface area contributed by atoms with Gasteiger partial charge in [-0.05, 0) is 42.8 Å². The zero-order valence-corrected chi connectivity index (χ0v) is 16.8. The monoisotopic (exact) mass is 422 g/mol. The Bertz CT molecular complexity index is 1030. The molecule has 7 heteroatoms. The molecule has 29 heavy (non-hydrogen) atoms. The van der Waals surface area contributed by atoms with E-state index < -0.39 is 17.9 Å². The minimum Gasteiger partial charge on any atom is -0.387 e. The first-order valence-corrected chi connectivity index (χ1v) is 9.92. The van der Waals surface area contributed by atoms with Crippen molar-refractivity contribution < 1.29 is 18.3 Å². The van der Waals surface area contributed by atoms with Gasteiger partial charge in [0.05, 0.1) is 12.6 Å². The van der Waals surface area contributed by atoms with E-state index in [0.717, 1.165) is 42.2 Å². The van der Waals surface area contributed by atoms with Crippen molar-refractivity contribution in [1.29, 1.82) is 0 Å². The van der Waals surface area contributed by atoms with Crippen LogP contribution in [0.5, 0.6) is 0 Å². The number of likely N-dealkylation sites (N-methyl/N-ethyl adjacent to an activating group) is 1. The topological polar surface area (TPSA) is 28.4 Å². The average Bonchev–Trinajstić information content (AvgIpc) is 2.83. The van der Waals surface area contributed by atoms with Crippen molar-refractivity contribution in [3.05, 3.63) is 69.9 Å². The van der Waals surface area contributed by atoms with E-state index in [2.05, 4.69) is 16.5 Å². The zero-order chi connectivity index (χ0) is 20.8. The van der Waals surface area contributed by atoms with E-state index in [-0.39, 0.29) is 13.0 Å². The summed E-state index contributed by atoms with van der Waals surface area (Å²) < 4.78 is 41.0. The predicted octanol–water partition coefficient (Wildman–Crippen LogP) is 5.02. The highest BCUT2D eigenvalue weighted by Gasteiger charge is 2.32. The van der Waals surface area contributed by atoms with Crippen LogP contribution in [0.4, 0.5) is 13.2 Å². The van der Waals surface area contributed by atoms with Gasteiger partial charge in [0.1, 0.15) is 0 Å². The van der Waals surface area contributed by atoms with Gasteiger partial charge in [-0.15, -0.1) is 0 Å². The van der Waals surface area contributed by atoms with Crippen LogP contribution in [0.3, 0.4) is 0 Å². The molecule has 0 fully saturated rings. The van der Waals surface area contributed by atoms with E-state index in [0.29, 0.717) is 10.6 Å². The molecule has 1 aliphatic heterocycles. The number of alkyl halides is 3. The number of nitrogens with zero attached hydrogens (tertiary/aromatic N) is 2. The second-order valence-corrected chi connectivity index (χ2v) is 8.10. The maximum Gasteiger partial charge on any atom is 0.412 e. The van der Waals surface area contributed by atoms with Crippen molar-refractivity contribution >= 4 is 22.5 Å². The number of rotatable bonds is 3. The van der Waals surface area contributed by atoms with E-state index in [1.165, 1.54) is 17.7 Å². The third kappa shape index (κ3) is 4.02. The molecule has 1 aliphatic carbocycles. The highest BCUT2D eigenvalue weighted by molar-refractivity contribution is 6.31. The summed E-state index contributed by atoms with van der Waals surface area (Å²) in [6.07, 6.45) is 0.867. The third-order valence-corrected chi connectivity index (χ3v) is 5.87. The summed E-state index contributed by atoms with van der Waals surface area (Å²) in [6.45, 7) is 1.99. The highest BCUT2D eigenvalue weighted by atomic mass is 35.5. The van der Waals surface area contributed by atoms with E-state index in [1.54, 1.807) is 6.08 Å². The van der Waals surface area contributed by atoms with Gasteiger partial charge >= 0.3 is 6.18 Å². The molecule has 154 valence electrons. The Morgan fingerprint density at radius 3 is 2.79 bits per heavy atom. The smallest absolute Gasteiger partial charge is 0.387 e. The number of benzene rings is 1. The van der Waals surface area contributed by atoms with E-state index >= 15 is 0 Å². The number of aromatic nitrogens is 1. The molecular weight excluding hydrogens is 401 g/mol. The van der Waals surface area contributed by atoms with Crippen molar-refractivity contribution in [3.63, 3.8) is 0 Å². The number of aliphatic hydroxyl groups is 1. The van der Waals surface area contributed by atoms with E-state index in [1.807, 2.05) is 18.2 Å². The largest absolute Gasteiger partial charge is 0.412 e. The van der Waals surface area contributed by atoms with Crippen molar-refractivity contribution in [2.24, 2.45) is 0 Å². The lowest BCUT2D eigenvalue weighted by Gasteiger charge is -2.25. The molecule has 0 spiro atoms. The number of allylic oxidation sites excluding steroid dienone is 4. The van der Waals surface area contributed by atoms with Crippen molar-refractivity contribution in [1.82, 2.24) is 9.47 Å². The van der Waals surface area contributed by atoms with Crippen LogP contribution in [0.25, 0.3) is 10.9 Å². The number of hydrogen-bond acceptors (Lipinski definition) is 2. The van der Waals surface area contributed by atoms with Crippen LogP contribution in [0, 0.1) is 0 Å². The molecule has 4 rings (SSSR count). The molecule has 1 aromatic heterocycles. The molecule has 1 unspecified atom stereocenters. The summed E-state index contributed by atoms with van der Waals surface area (Å²) in [7, 11) is 2.07. The fourth-order valence-electron chi connectivity index (χ4n) is 4.12. The van der Waals surface area contributed by atoms with Crippen LogP contribution in [-0.4, -0.2) is 40.4 Å². The summed E-state index contributed by atoms with van der Waals surface area (Å²) in [5.41, 5.74) is 3.20. The van der Waals surface area contributed by atoms with Gasteiger partial charge < -0.3 is 14.6 Å². The van der Waals surface area contributed by atoms with Crippen molar-refractivity contribution in [2.45, 2.75) is 38.2 Å². The minimum absolute atomic E-state index is 0.192. The average molecular weight is 423 g/mol. The zero-order valence-electron chi connectivity index (χ0n) is 16.0. The number of halogens is 4. The molecule has 2 aliphatic rings. The lowest BCUT2D eigenvalue weighted by Crippen LogP contribution is -2.28. The molecule has 2 aromatic rings. The Morgan fingerprint density at radius 1 is 1.24 bits per heavy atom. The van der Waals surface area contributed by atoms with Crippen molar-refractivity contribution in [3.8, 4) is 0 Å². The second kappa shape index (κ2) is 7.67. The molecule has 3 nitrogen and oxygen atoms in total. The molecule has 1 N–H and O–H groups in total. The van der Waals surface area contributed by atoms with Gasteiger partial charge in [0.2, 0.25) is 0 Å². The van der Waals surface area contributed by atoms with Crippen molar-refractivity contribution in [2.75, 3.05) is 13.6 Å². The SMILES string of the molecule is CN1CCc2c(c3cc(Cl)ccc3n2CC(O)C2=CC=C(C(F)(F)F)CC=C2)C1. The van der Waals surface area contributed by atoms with Crippen LogP contribution < -0.4 is 0 Å². The number of aliphatic hydroxyl groups excluding tert-OH is 1. The molecule has 0 bridgehead atoms. The first-order chi connectivity index (χ1) is 13.7. The molecule has 0 radical (unpaired) electrons. The first kappa shape index (κ1) is 20.3. The lowest BCUT2D eigenvalue weighted by molar-refractivity contribution is -0.0928. The minimum atomic E-state index is -4.36. The molecule has 1 aromatic carbocycles. The quantitative estimate of drug-likeness (QED) is 0.752. The van der Waals surface area contributed by atoms with Gasteiger partial charge in [0, 0.05) is 46.7 Å². The number of fused-ring (bicyclic) bond motifs is 3. The molecular formula is C22H22ClF3N2O. The molecule has 1 atom stereocenters. The van der Waals surface area contributed by atoms with Gasteiger partial charge in [-0.2, -0.15) is 13.2 Å². The van der Waals surface area contributed by atoms with Crippen LogP contribution in [-0.2, 0) is 19.5 Å². The molecule has 0 saturated carbocycles. The summed E-state index contributed by atoms with van der Waals surface area (Å²) in [5, 5.41) is 12.6. The second-order valence-electron chi connectivity index (χ2n) is 7.66. The van der Waals surface area contributed by atoms with Crippen LogP contribution in [0.2, 0.25) is 5.02 Å². The van der Waals surface area contributed by atoms with Gasteiger partial charge in [0.15, 0.2) is 0 Å². The molecule has 0 saturated heterocycles. The first-order valence-electron chi connectivity index (χ1n) is 9.54. The number of hydrogen-bond donors (Lipinski definition) is 1. The lowest BCUT2D eigenvalue weighted by atomic mass is 10.0. The summed E-state index contributed by atoms with van der Waals surface area (Å²) in [5.74, 6) is 0. The fraction of sp³-hybridized carbons (Fsp3) is 0.364. The Morgan fingerprint density at radius 2 is 2.03 bits per heavy atom. The Hall–Kier alpha value is -2.02. The van der Waals surface area contributed by atoms with Crippen LogP contribution >= 0.6 is 11.6 Å². The molecule has 2 heterocycles. The fourth-order valence-corrected chi connectivity index (χ4v) is 4.29. The Labute approximate surface area is 172 Å². The van der Waals surface area contributed by atoms with E-state index in [4.69, 9.17) is 11.6 Å². The standard InChI is InChI=1S/C22H22ClF3N2O/c1-27-10-9-20-18(12-27)17-11-16(23)7-8-19(17)28(20)13-21(29)14-3-2-4-15(6-5-14)22(24,25)26/h2-3,5-8,11,21,29H,4,9-10,12-13H2,1H3. The summed E-state index contributed by atoms with van der Waals surface area (Å²) >= 11 is 6.21. The third-order valence-electron chi connectivity index (χ3n) is 5.64. The van der Waals surface area contributed by atoms with Gasteiger partial charge in [-0.25, -0.2) is 0 Å². The van der Waals surface area contributed by atoms with Gasteiger partial charge in [-0.3, -0.25) is 0 Å².